The maximum Gasteiger partial charge on any atom is 0.343 e. The number of esters is 1. The molecule has 5 heteroatoms. The van der Waals surface area contributed by atoms with Crippen LogP contribution in [-0.4, -0.2) is 17.8 Å². The van der Waals surface area contributed by atoms with Crippen molar-refractivity contribution in [1.29, 1.82) is 0 Å². The lowest BCUT2D eigenvalue weighted by Gasteiger charge is -2.45. The average Bonchev–Trinajstić information content (AvgIpc) is 3.21. The standard InChI is InChI=1S/C33H25NO4/c1-18-9-7-16-26(19(18)2)38-33(37)20-10-8-11-21(17-20)34-31(35)29-27-22-12-3-4-13-23(22)28(30(29)32(34)36)25-15-6-5-14-24(25)27/h3-17,27-30H,1-2H3/t27?,28?,29-,30+. The monoisotopic (exact) mass is 499 g/mol. The predicted molar refractivity (Wildman–Crippen MR) is 143 cm³/mol. The van der Waals surface area contributed by atoms with E-state index in [1.165, 1.54) is 4.90 Å². The van der Waals surface area contributed by atoms with E-state index in [9.17, 15) is 14.4 Å². The van der Waals surface area contributed by atoms with E-state index in [4.69, 9.17) is 4.74 Å². The summed E-state index contributed by atoms with van der Waals surface area (Å²) in [6.45, 7) is 3.86. The van der Waals surface area contributed by atoms with Crippen LogP contribution >= 0.6 is 0 Å². The minimum Gasteiger partial charge on any atom is -0.423 e. The fraction of sp³-hybridized carbons (Fsp3) is 0.182. The Balaban J connectivity index is 1.26. The van der Waals surface area contributed by atoms with Crippen molar-refractivity contribution in [3.8, 4) is 5.75 Å². The molecule has 2 amide bonds. The van der Waals surface area contributed by atoms with Gasteiger partial charge in [-0.25, -0.2) is 9.69 Å². The second-order valence-electron chi connectivity index (χ2n) is 10.4. The Kier molecular flexibility index (Phi) is 4.92. The van der Waals surface area contributed by atoms with Crippen LogP contribution in [-0.2, 0) is 9.59 Å². The van der Waals surface area contributed by atoms with Crippen molar-refractivity contribution >= 4 is 23.5 Å². The minimum absolute atomic E-state index is 0.170. The molecule has 2 atom stereocenters. The van der Waals surface area contributed by atoms with Gasteiger partial charge in [0.25, 0.3) is 0 Å². The Morgan fingerprint density at radius 2 is 1.21 bits per heavy atom. The first-order chi connectivity index (χ1) is 18.5. The number of nitrogens with zero attached hydrogens (tertiary/aromatic N) is 1. The van der Waals surface area contributed by atoms with Crippen LogP contribution in [0.3, 0.4) is 0 Å². The van der Waals surface area contributed by atoms with Crippen LogP contribution in [0.25, 0.3) is 0 Å². The van der Waals surface area contributed by atoms with Gasteiger partial charge < -0.3 is 4.74 Å². The molecule has 1 fully saturated rings. The van der Waals surface area contributed by atoms with Gasteiger partial charge in [0.05, 0.1) is 23.1 Å². The molecule has 2 bridgehead atoms. The third-order valence-corrected chi connectivity index (χ3v) is 8.55. The van der Waals surface area contributed by atoms with Gasteiger partial charge in [0.1, 0.15) is 5.75 Å². The third-order valence-electron chi connectivity index (χ3n) is 8.55. The highest BCUT2D eigenvalue weighted by atomic mass is 16.5. The summed E-state index contributed by atoms with van der Waals surface area (Å²) in [4.78, 5) is 42.4. The lowest BCUT2D eigenvalue weighted by Crippen LogP contribution is -2.41. The number of ether oxygens (including phenoxy) is 1. The highest BCUT2D eigenvalue weighted by molar-refractivity contribution is 6.23. The zero-order valence-electron chi connectivity index (χ0n) is 21.0. The van der Waals surface area contributed by atoms with Crippen molar-refractivity contribution < 1.29 is 19.1 Å². The van der Waals surface area contributed by atoms with E-state index in [2.05, 4.69) is 24.3 Å². The summed E-state index contributed by atoms with van der Waals surface area (Å²) >= 11 is 0. The molecule has 38 heavy (non-hydrogen) atoms. The summed E-state index contributed by atoms with van der Waals surface area (Å²) < 4.78 is 5.68. The van der Waals surface area contributed by atoms with E-state index in [1.54, 1.807) is 30.3 Å². The van der Waals surface area contributed by atoms with Crippen molar-refractivity contribution in [1.82, 2.24) is 0 Å². The number of rotatable bonds is 3. The number of aryl methyl sites for hydroxylation is 1. The van der Waals surface area contributed by atoms with Gasteiger partial charge in [-0.3, -0.25) is 9.59 Å². The molecule has 0 radical (unpaired) electrons. The second kappa shape index (κ2) is 8.25. The van der Waals surface area contributed by atoms with Crippen LogP contribution in [0.1, 0.15) is 55.6 Å². The van der Waals surface area contributed by atoms with Gasteiger partial charge in [-0.05, 0) is 71.5 Å². The number of carbonyl (C=O) groups is 3. The van der Waals surface area contributed by atoms with Crippen LogP contribution in [0.2, 0.25) is 0 Å². The number of anilines is 1. The molecule has 186 valence electrons. The van der Waals surface area contributed by atoms with Crippen LogP contribution in [0, 0.1) is 25.7 Å². The Morgan fingerprint density at radius 3 is 1.76 bits per heavy atom. The first-order valence-corrected chi connectivity index (χ1v) is 12.9. The lowest BCUT2D eigenvalue weighted by molar-refractivity contribution is -0.122. The SMILES string of the molecule is Cc1cccc(OC(=O)c2cccc(N3C(=O)[C@@H]4C5c6ccccc6C(c6ccccc65)[C@@H]4C3=O)c2)c1C. The number of hydrogen-bond acceptors (Lipinski definition) is 4. The average molecular weight is 500 g/mol. The lowest BCUT2D eigenvalue weighted by atomic mass is 9.55. The number of benzene rings is 4. The molecule has 1 aliphatic heterocycles. The maximum atomic E-state index is 14.0. The smallest absolute Gasteiger partial charge is 0.343 e. The Hall–Kier alpha value is -4.51. The quantitative estimate of drug-likeness (QED) is 0.199. The van der Waals surface area contributed by atoms with Gasteiger partial charge in [-0.15, -0.1) is 0 Å². The molecule has 0 saturated carbocycles. The molecule has 4 aromatic carbocycles. The molecule has 4 aromatic rings. The Labute approximate surface area is 220 Å². The molecular weight excluding hydrogens is 474 g/mol. The van der Waals surface area contributed by atoms with E-state index in [1.807, 2.05) is 50.2 Å². The van der Waals surface area contributed by atoms with Crippen molar-refractivity contribution in [2.45, 2.75) is 25.7 Å². The van der Waals surface area contributed by atoms with Gasteiger partial charge in [-0.1, -0.05) is 66.7 Å². The number of carbonyl (C=O) groups excluding carboxylic acids is 3. The van der Waals surface area contributed by atoms with Crippen molar-refractivity contribution in [2.75, 3.05) is 4.90 Å². The first kappa shape index (κ1) is 22.7. The molecule has 0 aromatic heterocycles. The van der Waals surface area contributed by atoms with E-state index in [0.29, 0.717) is 11.4 Å². The summed E-state index contributed by atoms with van der Waals surface area (Å²) in [7, 11) is 0. The largest absolute Gasteiger partial charge is 0.423 e. The van der Waals surface area contributed by atoms with Crippen molar-refractivity contribution in [2.24, 2.45) is 11.8 Å². The first-order valence-electron chi connectivity index (χ1n) is 12.9. The van der Waals surface area contributed by atoms with Gasteiger partial charge in [-0.2, -0.15) is 0 Å². The topological polar surface area (TPSA) is 63.7 Å². The van der Waals surface area contributed by atoms with Crippen LogP contribution < -0.4 is 9.64 Å². The summed E-state index contributed by atoms with van der Waals surface area (Å²) in [5.74, 6) is -1.74. The Bertz CT molecular complexity index is 1560. The molecule has 1 heterocycles. The van der Waals surface area contributed by atoms with Crippen LogP contribution in [0.5, 0.6) is 5.75 Å². The van der Waals surface area contributed by atoms with Crippen molar-refractivity contribution in [3.63, 3.8) is 0 Å². The molecular formula is C33H25NO4. The molecule has 8 rings (SSSR count). The van der Waals surface area contributed by atoms with Crippen LogP contribution in [0.4, 0.5) is 5.69 Å². The van der Waals surface area contributed by atoms with Crippen LogP contribution in [0.15, 0.2) is 91.0 Å². The predicted octanol–water partition coefficient (Wildman–Crippen LogP) is 5.92. The molecule has 3 aliphatic carbocycles. The molecule has 4 aliphatic rings. The molecule has 0 unspecified atom stereocenters. The number of amides is 2. The molecule has 0 spiro atoms. The number of hydrogen-bond donors (Lipinski definition) is 0. The second-order valence-corrected chi connectivity index (χ2v) is 10.4. The zero-order valence-corrected chi connectivity index (χ0v) is 21.0. The van der Waals surface area contributed by atoms with Gasteiger partial charge in [0, 0.05) is 11.8 Å². The van der Waals surface area contributed by atoms with Gasteiger partial charge >= 0.3 is 5.97 Å². The minimum atomic E-state index is -0.531. The highest BCUT2D eigenvalue weighted by Gasteiger charge is 2.61. The summed E-state index contributed by atoms with van der Waals surface area (Å²) in [5.41, 5.74) is 7.12. The highest BCUT2D eigenvalue weighted by Crippen LogP contribution is 2.61. The maximum absolute atomic E-state index is 14.0. The fourth-order valence-corrected chi connectivity index (χ4v) is 6.70. The summed E-state index contributed by atoms with van der Waals surface area (Å²) in [6, 6.07) is 28.5. The summed E-state index contributed by atoms with van der Waals surface area (Å²) in [5, 5.41) is 0. The van der Waals surface area contributed by atoms with Crippen molar-refractivity contribution in [3.05, 3.63) is 130 Å². The third kappa shape index (κ3) is 3.08. The Morgan fingerprint density at radius 1 is 0.684 bits per heavy atom. The fourth-order valence-electron chi connectivity index (χ4n) is 6.70. The van der Waals surface area contributed by atoms with E-state index in [0.717, 1.165) is 33.4 Å². The molecule has 1 saturated heterocycles. The normalized spacial score (nSPS) is 22.6. The number of imide groups is 1. The van der Waals surface area contributed by atoms with Gasteiger partial charge in [0.2, 0.25) is 11.8 Å². The molecule has 0 N–H and O–H groups in total. The molecule has 5 nitrogen and oxygen atoms in total. The summed E-state index contributed by atoms with van der Waals surface area (Å²) in [6.07, 6.45) is 0. The van der Waals surface area contributed by atoms with E-state index < -0.39 is 17.8 Å². The zero-order chi connectivity index (χ0) is 26.1. The van der Waals surface area contributed by atoms with Gasteiger partial charge in [0.15, 0.2) is 0 Å². The van der Waals surface area contributed by atoms with E-state index >= 15 is 0 Å². The van der Waals surface area contributed by atoms with E-state index in [-0.39, 0.29) is 29.2 Å².